The van der Waals surface area contributed by atoms with E-state index in [1.807, 2.05) is 30.3 Å². The lowest BCUT2D eigenvalue weighted by atomic mass is 9.98. The van der Waals surface area contributed by atoms with Gasteiger partial charge >= 0.3 is 0 Å². The molecule has 4 rings (SSSR count). The standard InChI is InChI=1S/C20H20N6O3/c1-13-17(20(29)26(24(13)2)15-6-4-3-5-7-15)23-18(27)14-11-25(12-14)19(28)16-10-21-8-9-22-16/h3-10,14H,11-12H2,1-2H3,(H,23,27). The summed E-state index contributed by atoms with van der Waals surface area (Å²) in [5.41, 5.74) is 1.57. The molecule has 1 aliphatic heterocycles. The SMILES string of the molecule is Cc1c(NC(=O)C2CN(C(=O)c3cnccn3)C2)c(=O)n(-c2ccccc2)n1C. The van der Waals surface area contributed by atoms with Gasteiger partial charge in [0.15, 0.2) is 0 Å². The Morgan fingerprint density at radius 3 is 2.52 bits per heavy atom. The number of anilines is 1. The van der Waals surface area contributed by atoms with Crippen molar-refractivity contribution in [2.75, 3.05) is 18.4 Å². The van der Waals surface area contributed by atoms with Crippen molar-refractivity contribution in [3.63, 3.8) is 0 Å². The molecule has 148 valence electrons. The first-order chi connectivity index (χ1) is 14.0. The highest BCUT2D eigenvalue weighted by Crippen LogP contribution is 2.21. The molecule has 0 spiro atoms. The molecule has 1 fully saturated rings. The van der Waals surface area contributed by atoms with Crippen LogP contribution in [0.1, 0.15) is 16.2 Å². The van der Waals surface area contributed by atoms with Crippen LogP contribution in [0, 0.1) is 12.8 Å². The Bertz CT molecular complexity index is 1110. The van der Waals surface area contributed by atoms with Gasteiger partial charge in [-0.15, -0.1) is 0 Å². The number of hydrogen-bond acceptors (Lipinski definition) is 5. The molecule has 9 nitrogen and oxygen atoms in total. The zero-order chi connectivity index (χ0) is 20.5. The highest BCUT2D eigenvalue weighted by atomic mass is 16.2. The third-order valence-electron chi connectivity index (χ3n) is 5.12. The number of carbonyl (C=O) groups excluding carboxylic acids is 2. The third kappa shape index (κ3) is 3.31. The number of nitrogens with zero attached hydrogens (tertiary/aromatic N) is 5. The summed E-state index contributed by atoms with van der Waals surface area (Å²) in [5, 5.41) is 2.75. The van der Waals surface area contributed by atoms with Crippen LogP contribution in [-0.2, 0) is 11.8 Å². The van der Waals surface area contributed by atoms with Gasteiger partial charge in [-0.25, -0.2) is 9.67 Å². The molecule has 2 aromatic heterocycles. The maximum Gasteiger partial charge on any atom is 0.295 e. The van der Waals surface area contributed by atoms with Crippen LogP contribution in [0.25, 0.3) is 5.69 Å². The molecule has 9 heteroatoms. The van der Waals surface area contributed by atoms with Crippen molar-refractivity contribution in [2.24, 2.45) is 13.0 Å². The van der Waals surface area contributed by atoms with Gasteiger partial charge in [0.2, 0.25) is 5.91 Å². The number of amides is 2. The lowest BCUT2D eigenvalue weighted by molar-refractivity contribution is -0.123. The van der Waals surface area contributed by atoms with E-state index in [1.54, 1.807) is 18.7 Å². The van der Waals surface area contributed by atoms with Crippen LogP contribution in [0.15, 0.2) is 53.7 Å². The van der Waals surface area contributed by atoms with Gasteiger partial charge in [-0.1, -0.05) is 18.2 Å². The number of aromatic nitrogens is 4. The van der Waals surface area contributed by atoms with Crippen LogP contribution in [-0.4, -0.2) is 49.1 Å². The van der Waals surface area contributed by atoms with Gasteiger partial charge in [0.1, 0.15) is 11.4 Å². The Balaban J connectivity index is 1.47. The molecule has 0 aliphatic carbocycles. The van der Waals surface area contributed by atoms with E-state index in [9.17, 15) is 14.4 Å². The van der Waals surface area contributed by atoms with Crippen molar-refractivity contribution in [1.82, 2.24) is 24.2 Å². The molecule has 3 aromatic rings. The van der Waals surface area contributed by atoms with Crippen molar-refractivity contribution in [3.05, 3.63) is 70.7 Å². The molecule has 1 aromatic carbocycles. The van der Waals surface area contributed by atoms with Crippen LogP contribution in [0.3, 0.4) is 0 Å². The van der Waals surface area contributed by atoms with Gasteiger partial charge in [0, 0.05) is 32.5 Å². The lowest BCUT2D eigenvalue weighted by Gasteiger charge is -2.37. The van der Waals surface area contributed by atoms with E-state index in [0.717, 1.165) is 0 Å². The maximum absolute atomic E-state index is 12.9. The summed E-state index contributed by atoms with van der Waals surface area (Å²) >= 11 is 0. The minimum Gasteiger partial charge on any atom is -0.336 e. The van der Waals surface area contributed by atoms with Gasteiger partial charge in [0.05, 0.1) is 23.5 Å². The number of benzene rings is 1. The van der Waals surface area contributed by atoms with Crippen LogP contribution in [0.2, 0.25) is 0 Å². The van der Waals surface area contributed by atoms with Crippen molar-refractivity contribution in [3.8, 4) is 5.69 Å². The largest absolute Gasteiger partial charge is 0.336 e. The fourth-order valence-electron chi connectivity index (χ4n) is 3.32. The normalized spacial score (nSPS) is 13.8. The summed E-state index contributed by atoms with van der Waals surface area (Å²) in [5.74, 6) is -0.913. The molecule has 0 bridgehead atoms. The van der Waals surface area contributed by atoms with E-state index < -0.39 is 0 Å². The Morgan fingerprint density at radius 1 is 1.14 bits per heavy atom. The van der Waals surface area contributed by atoms with Crippen LogP contribution in [0.5, 0.6) is 0 Å². The van der Waals surface area contributed by atoms with Crippen molar-refractivity contribution in [1.29, 1.82) is 0 Å². The molecule has 29 heavy (non-hydrogen) atoms. The molecule has 0 radical (unpaired) electrons. The molecule has 0 saturated carbocycles. The van der Waals surface area contributed by atoms with E-state index >= 15 is 0 Å². The van der Waals surface area contributed by atoms with Crippen molar-refractivity contribution >= 4 is 17.5 Å². The van der Waals surface area contributed by atoms with Crippen LogP contribution < -0.4 is 10.9 Å². The molecule has 0 unspecified atom stereocenters. The highest BCUT2D eigenvalue weighted by Gasteiger charge is 2.37. The van der Waals surface area contributed by atoms with Gasteiger partial charge in [-0.2, -0.15) is 0 Å². The van der Waals surface area contributed by atoms with E-state index in [0.29, 0.717) is 11.4 Å². The van der Waals surface area contributed by atoms with Gasteiger partial charge < -0.3 is 10.2 Å². The maximum atomic E-state index is 12.9. The Morgan fingerprint density at radius 2 is 1.86 bits per heavy atom. The topological polar surface area (TPSA) is 102 Å². The first-order valence-corrected chi connectivity index (χ1v) is 9.17. The Kier molecular flexibility index (Phi) is 4.71. The zero-order valence-corrected chi connectivity index (χ0v) is 16.1. The van der Waals surface area contributed by atoms with Crippen LogP contribution >= 0.6 is 0 Å². The zero-order valence-electron chi connectivity index (χ0n) is 16.1. The molecule has 1 N–H and O–H groups in total. The number of likely N-dealkylation sites (tertiary alicyclic amines) is 1. The number of rotatable bonds is 4. The minimum absolute atomic E-state index is 0.246. The third-order valence-corrected chi connectivity index (χ3v) is 5.12. The molecule has 0 atom stereocenters. The van der Waals surface area contributed by atoms with Crippen LogP contribution in [0.4, 0.5) is 5.69 Å². The lowest BCUT2D eigenvalue weighted by Crippen LogP contribution is -2.54. The van der Waals surface area contributed by atoms with E-state index in [-0.39, 0.29) is 47.8 Å². The van der Waals surface area contributed by atoms with E-state index in [2.05, 4.69) is 15.3 Å². The molecule has 1 aliphatic rings. The number of carbonyl (C=O) groups is 2. The molecule has 2 amide bonds. The molecule has 1 saturated heterocycles. The van der Waals surface area contributed by atoms with Gasteiger partial charge in [-0.3, -0.25) is 24.0 Å². The summed E-state index contributed by atoms with van der Waals surface area (Å²) in [6, 6.07) is 9.22. The van der Waals surface area contributed by atoms with E-state index in [4.69, 9.17) is 0 Å². The molecule has 3 heterocycles. The summed E-state index contributed by atoms with van der Waals surface area (Å²) in [7, 11) is 1.77. The summed E-state index contributed by atoms with van der Waals surface area (Å²) in [6.45, 7) is 2.33. The fraction of sp³-hybridized carbons (Fsp3) is 0.250. The second-order valence-electron chi connectivity index (χ2n) is 6.92. The average Bonchev–Trinajstić information content (AvgIpc) is 2.91. The van der Waals surface area contributed by atoms with Gasteiger partial charge in [-0.05, 0) is 19.1 Å². The monoisotopic (exact) mass is 392 g/mol. The summed E-state index contributed by atoms with van der Waals surface area (Å²) < 4.78 is 3.22. The predicted octanol–water partition coefficient (Wildman–Crippen LogP) is 0.985. The van der Waals surface area contributed by atoms with Crippen molar-refractivity contribution in [2.45, 2.75) is 6.92 Å². The molecular weight excluding hydrogens is 372 g/mol. The van der Waals surface area contributed by atoms with Crippen molar-refractivity contribution < 1.29 is 9.59 Å². The Hall–Kier alpha value is -3.75. The average molecular weight is 392 g/mol. The second kappa shape index (κ2) is 7.34. The second-order valence-corrected chi connectivity index (χ2v) is 6.92. The smallest absolute Gasteiger partial charge is 0.295 e. The summed E-state index contributed by atoms with van der Waals surface area (Å²) in [4.78, 5) is 47.2. The Labute approximate surface area is 166 Å². The first kappa shape index (κ1) is 18.6. The number of nitrogens with one attached hydrogen (secondary N) is 1. The molecular formula is C20H20N6O3. The number of para-hydroxylation sites is 1. The predicted molar refractivity (Wildman–Crippen MR) is 106 cm³/mol. The van der Waals surface area contributed by atoms with E-state index in [1.165, 1.54) is 28.2 Å². The first-order valence-electron chi connectivity index (χ1n) is 9.17. The highest BCUT2D eigenvalue weighted by molar-refractivity contribution is 5.97. The van der Waals surface area contributed by atoms with Gasteiger partial charge in [0.25, 0.3) is 11.5 Å². The minimum atomic E-state index is -0.375. The fourth-order valence-corrected chi connectivity index (χ4v) is 3.32. The number of hydrogen-bond donors (Lipinski definition) is 1. The summed E-state index contributed by atoms with van der Waals surface area (Å²) in [6.07, 6.45) is 4.34. The quantitative estimate of drug-likeness (QED) is 0.713.